The van der Waals surface area contributed by atoms with E-state index in [2.05, 4.69) is 0 Å². The fourth-order valence-corrected chi connectivity index (χ4v) is 7.29. The molecule has 0 fully saturated rings. The number of halogens is 2. The van der Waals surface area contributed by atoms with E-state index in [0.717, 1.165) is 11.3 Å². The van der Waals surface area contributed by atoms with Crippen LogP contribution in [0.1, 0.15) is 9.67 Å². The fourth-order valence-electron chi connectivity index (χ4n) is 1.65. The van der Waals surface area contributed by atoms with Crippen molar-refractivity contribution in [3.63, 3.8) is 0 Å². The topological polar surface area (TPSA) is 37.3 Å². The highest BCUT2D eigenvalue weighted by atomic mass is 32.1. The predicted octanol–water partition coefficient (Wildman–Crippen LogP) is 3.48. The molecule has 7 heteroatoms. The molecule has 2 aromatic heterocycles. The molecule has 2 aromatic rings. The van der Waals surface area contributed by atoms with Crippen molar-refractivity contribution >= 4 is 51.3 Å². The Morgan fingerprint density at radius 2 is 1.76 bits per heavy atom. The lowest BCUT2D eigenvalue weighted by molar-refractivity contribution is 0.0698. The summed E-state index contributed by atoms with van der Waals surface area (Å²) < 4.78 is 28.2. The first-order valence-electron chi connectivity index (χ1n) is 4.87. The molecule has 0 spiro atoms. The quantitative estimate of drug-likeness (QED) is 0.860. The number of rotatable bonds is 2. The van der Waals surface area contributed by atoms with E-state index in [1.165, 1.54) is 0 Å². The first-order chi connectivity index (χ1) is 7.73. The molecule has 0 unspecified atom stereocenters. The van der Waals surface area contributed by atoms with E-state index in [-0.39, 0.29) is 14.7 Å². The Morgan fingerprint density at radius 1 is 1.18 bits per heavy atom. The lowest BCUT2D eigenvalue weighted by atomic mass is 10.4. The van der Waals surface area contributed by atoms with Gasteiger partial charge in [0.05, 0.1) is 17.5 Å². The molecule has 0 atom stereocenters. The van der Waals surface area contributed by atoms with Crippen LogP contribution in [0.15, 0.2) is 0 Å². The number of aromatic carboxylic acids is 1. The van der Waals surface area contributed by atoms with Gasteiger partial charge in [-0.15, -0.1) is 22.7 Å². The Bertz CT molecular complexity index is 610. The molecule has 2 heterocycles. The van der Waals surface area contributed by atoms with Gasteiger partial charge >= 0.3 is 5.97 Å². The van der Waals surface area contributed by atoms with Gasteiger partial charge in [0.2, 0.25) is 0 Å². The summed E-state index contributed by atoms with van der Waals surface area (Å²) >= 11 is 1.55. The van der Waals surface area contributed by atoms with Gasteiger partial charge in [0, 0.05) is 5.19 Å². The summed E-state index contributed by atoms with van der Waals surface area (Å²) in [6.45, 7) is 5.86. The smallest absolute Gasteiger partial charge is 0.348 e. The molecule has 0 aliphatic heterocycles. The van der Waals surface area contributed by atoms with Crippen LogP contribution in [0.2, 0.25) is 19.6 Å². The normalized spacial score (nSPS) is 12.3. The molecule has 0 bridgehead atoms. The van der Waals surface area contributed by atoms with Gasteiger partial charge in [0.15, 0.2) is 10.9 Å². The molecule has 2 rings (SSSR count). The number of thiophene rings is 2. The summed E-state index contributed by atoms with van der Waals surface area (Å²) in [5.74, 6) is -2.09. The second kappa shape index (κ2) is 3.86. The minimum Gasteiger partial charge on any atom is -0.477 e. The SMILES string of the molecule is C[Si](C)(C)c1c(F)sc2c(F)c(C(=O)O)sc12. The van der Waals surface area contributed by atoms with Gasteiger partial charge in [-0.2, -0.15) is 4.39 Å². The molecular formula is C10H10F2O2S2Si. The maximum absolute atomic E-state index is 13.8. The van der Waals surface area contributed by atoms with Crippen LogP contribution >= 0.6 is 22.7 Å². The van der Waals surface area contributed by atoms with E-state index < -0.39 is 19.9 Å². The van der Waals surface area contributed by atoms with Crippen molar-refractivity contribution in [3.05, 3.63) is 15.8 Å². The molecule has 0 saturated carbocycles. The lowest BCUT2D eigenvalue weighted by Gasteiger charge is -2.14. The summed E-state index contributed by atoms with van der Waals surface area (Å²) in [6, 6.07) is 0. The highest BCUT2D eigenvalue weighted by molar-refractivity contribution is 7.31. The van der Waals surface area contributed by atoms with E-state index in [1.54, 1.807) is 0 Å². The fraction of sp³-hybridized carbons (Fsp3) is 0.300. The Morgan fingerprint density at radius 3 is 2.24 bits per heavy atom. The third kappa shape index (κ3) is 1.92. The summed E-state index contributed by atoms with van der Waals surface area (Å²) in [6.07, 6.45) is 0. The average molecular weight is 292 g/mol. The molecule has 92 valence electrons. The molecule has 1 N–H and O–H groups in total. The third-order valence-corrected chi connectivity index (χ3v) is 6.97. The van der Waals surface area contributed by atoms with Crippen molar-refractivity contribution < 1.29 is 18.7 Å². The van der Waals surface area contributed by atoms with Gasteiger partial charge in [-0.05, 0) is 0 Å². The number of fused-ring (bicyclic) bond motifs is 1. The number of carboxylic acids is 1. The number of carbonyl (C=O) groups is 1. The van der Waals surface area contributed by atoms with Gasteiger partial charge in [-0.1, -0.05) is 19.6 Å². The van der Waals surface area contributed by atoms with Gasteiger partial charge < -0.3 is 5.11 Å². The monoisotopic (exact) mass is 292 g/mol. The van der Waals surface area contributed by atoms with Crippen molar-refractivity contribution in [3.8, 4) is 0 Å². The molecular weight excluding hydrogens is 282 g/mol. The molecule has 0 aliphatic carbocycles. The van der Waals surface area contributed by atoms with Crippen LogP contribution in [-0.2, 0) is 0 Å². The Hall–Kier alpha value is -0.793. The van der Waals surface area contributed by atoms with E-state index in [9.17, 15) is 13.6 Å². The molecule has 0 amide bonds. The highest BCUT2D eigenvalue weighted by Gasteiger charge is 2.31. The number of carboxylic acid groups (broad SMARTS) is 1. The third-order valence-electron chi connectivity index (χ3n) is 2.37. The van der Waals surface area contributed by atoms with Gasteiger partial charge in [-0.25, -0.2) is 9.18 Å². The van der Waals surface area contributed by atoms with Crippen LogP contribution in [0.4, 0.5) is 8.78 Å². The van der Waals surface area contributed by atoms with Crippen molar-refractivity contribution in [2.24, 2.45) is 0 Å². The number of hydrogen-bond acceptors (Lipinski definition) is 3. The van der Waals surface area contributed by atoms with Crippen LogP contribution in [0, 0.1) is 10.9 Å². The minimum atomic E-state index is -1.95. The van der Waals surface area contributed by atoms with Crippen molar-refractivity contribution in [1.29, 1.82) is 0 Å². The van der Waals surface area contributed by atoms with Gasteiger partial charge in [0.1, 0.15) is 4.88 Å². The molecule has 0 saturated heterocycles. The van der Waals surface area contributed by atoms with E-state index in [0.29, 0.717) is 21.2 Å². The van der Waals surface area contributed by atoms with Crippen molar-refractivity contribution in [2.75, 3.05) is 0 Å². The first-order valence-corrected chi connectivity index (χ1v) is 10.0. The summed E-state index contributed by atoms with van der Waals surface area (Å²) in [7, 11) is -1.95. The molecule has 2 nitrogen and oxygen atoms in total. The average Bonchev–Trinajstić information content (AvgIpc) is 2.61. The highest BCUT2D eigenvalue weighted by Crippen LogP contribution is 2.36. The number of hydrogen-bond donors (Lipinski definition) is 1. The predicted molar refractivity (Wildman–Crippen MR) is 69.6 cm³/mol. The van der Waals surface area contributed by atoms with E-state index in [4.69, 9.17) is 5.11 Å². The zero-order chi connectivity index (χ0) is 13.0. The maximum atomic E-state index is 13.8. The molecule has 17 heavy (non-hydrogen) atoms. The molecule has 0 aromatic carbocycles. The van der Waals surface area contributed by atoms with Gasteiger partial charge in [-0.3, -0.25) is 0 Å². The molecule has 0 aliphatic rings. The van der Waals surface area contributed by atoms with Gasteiger partial charge in [0.25, 0.3) is 0 Å². The van der Waals surface area contributed by atoms with Crippen LogP contribution < -0.4 is 5.19 Å². The zero-order valence-corrected chi connectivity index (χ0v) is 12.1. The second-order valence-corrected chi connectivity index (χ2v) is 11.7. The zero-order valence-electron chi connectivity index (χ0n) is 9.43. The summed E-state index contributed by atoms with van der Waals surface area (Å²) in [4.78, 5) is 10.5. The minimum absolute atomic E-state index is 0.141. The Balaban J connectivity index is 2.82. The lowest BCUT2D eigenvalue weighted by Crippen LogP contribution is -2.38. The van der Waals surface area contributed by atoms with Crippen LogP contribution in [0.3, 0.4) is 0 Å². The Kier molecular flexibility index (Phi) is 2.87. The molecule has 0 radical (unpaired) electrons. The van der Waals surface area contributed by atoms with E-state index in [1.807, 2.05) is 19.6 Å². The second-order valence-electron chi connectivity index (χ2n) is 4.71. The maximum Gasteiger partial charge on any atom is 0.348 e. The van der Waals surface area contributed by atoms with Crippen molar-refractivity contribution in [1.82, 2.24) is 0 Å². The standard InChI is InChI=1S/C10H10F2O2S2Si/c1-17(2,3)8-7-5(16-9(8)12)4(11)6(15-7)10(13)14/h1-3H3,(H,13,14). The summed E-state index contributed by atoms with van der Waals surface area (Å²) in [5.41, 5.74) is 0. The first kappa shape index (κ1) is 12.7. The van der Waals surface area contributed by atoms with Crippen molar-refractivity contribution in [2.45, 2.75) is 19.6 Å². The van der Waals surface area contributed by atoms with Crippen LogP contribution in [0.25, 0.3) is 9.40 Å². The Labute approximate surface area is 106 Å². The summed E-state index contributed by atoms with van der Waals surface area (Å²) in [5, 5.41) is 9.00. The van der Waals surface area contributed by atoms with Crippen LogP contribution in [-0.4, -0.2) is 19.1 Å². The largest absolute Gasteiger partial charge is 0.477 e. The van der Waals surface area contributed by atoms with Crippen LogP contribution in [0.5, 0.6) is 0 Å². The van der Waals surface area contributed by atoms with E-state index >= 15 is 0 Å².